The van der Waals surface area contributed by atoms with Gasteiger partial charge in [0.1, 0.15) is 5.54 Å². The van der Waals surface area contributed by atoms with E-state index in [0.717, 1.165) is 43.4 Å². The highest BCUT2D eigenvalue weighted by molar-refractivity contribution is 7.99. The number of hydrogen-bond acceptors (Lipinski definition) is 3. The Bertz CT molecular complexity index is 350. The van der Waals surface area contributed by atoms with Gasteiger partial charge in [0.15, 0.2) is 0 Å². The van der Waals surface area contributed by atoms with Gasteiger partial charge in [-0.2, -0.15) is 11.8 Å². The van der Waals surface area contributed by atoms with Gasteiger partial charge in [-0.15, -0.1) is 0 Å². The summed E-state index contributed by atoms with van der Waals surface area (Å²) in [4.78, 5) is 12.0. The van der Waals surface area contributed by atoms with E-state index >= 15 is 0 Å². The van der Waals surface area contributed by atoms with Gasteiger partial charge >= 0.3 is 0 Å². The van der Waals surface area contributed by atoms with E-state index in [4.69, 9.17) is 5.73 Å². The monoisotopic (exact) mass is 312 g/mol. The molecule has 0 bridgehead atoms. The van der Waals surface area contributed by atoms with Crippen molar-refractivity contribution in [3.63, 3.8) is 0 Å². The highest BCUT2D eigenvalue weighted by Crippen LogP contribution is 2.40. The Morgan fingerprint density at radius 1 is 1.33 bits per heavy atom. The molecule has 0 aliphatic heterocycles. The summed E-state index contributed by atoms with van der Waals surface area (Å²) in [6, 6.07) is 0. The normalized spacial score (nSPS) is 36.8. The summed E-state index contributed by atoms with van der Waals surface area (Å²) in [7, 11) is 0. The van der Waals surface area contributed by atoms with Crippen LogP contribution in [0.25, 0.3) is 0 Å². The standard InChI is InChI=1S/C17H32N2OS/c1-3-19-17(16(18)20)10-5-7-14(17)9-11-21-15-8-4-6-13(2)12-15/h13-15,19H,3-12H2,1-2H3,(H2,18,20). The zero-order valence-corrected chi connectivity index (χ0v) is 14.5. The van der Waals surface area contributed by atoms with Crippen LogP contribution < -0.4 is 11.1 Å². The zero-order chi connectivity index (χ0) is 15.3. The van der Waals surface area contributed by atoms with Crippen molar-refractivity contribution in [2.75, 3.05) is 12.3 Å². The first kappa shape index (κ1) is 17.1. The fourth-order valence-electron chi connectivity index (χ4n) is 4.34. The second-order valence-corrected chi connectivity index (χ2v) is 8.42. The zero-order valence-electron chi connectivity index (χ0n) is 13.7. The largest absolute Gasteiger partial charge is 0.368 e. The maximum Gasteiger partial charge on any atom is 0.238 e. The number of hydrogen-bond donors (Lipinski definition) is 2. The molecule has 4 atom stereocenters. The predicted octanol–water partition coefficient (Wildman–Crippen LogP) is 3.32. The van der Waals surface area contributed by atoms with E-state index < -0.39 is 5.54 Å². The highest BCUT2D eigenvalue weighted by Gasteiger charge is 2.46. The van der Waals surface area contributed by atoms with E-state index in [2.05, 4.69) is 30.9 Å². The smallest absolute Gasteiger partial charge is 0.238 e. The molecule has 0 aromatic heterocycles. The predicted molar refractivity (Wildman–Crippen MR) is 91.4 cm³/mol. The van der Waals surface area contributed by atoms with E-state index in [-0.39, 0.29) is 5.91 Å². The summed E-state index contributed by atoms with van der Waals surface area (Å²) in [5.74, 6) is 2.38. The third-order valence-corrected chi connectivity index (χ3v) is 6.83. The number of amides is 1. The second kappa shape index (κ2) is 7.87. The maximum atomic E-state index is 12.0. The molecule has 3 nitrogen and oxygen atoms in total. The molecule has 0 radical (unpaired) electrons. The summed E-state index contributed by atoms with van der Waals surface area (Å²) in [5, 5.41) is 4.26. The Labute approximate surface area is 134 Å². The third-order valence-electron chi connectivity index (χ3n) is 5.46. The molecule has 2 rings (SSSR count). The SMILES string of the molecule is CCNC1(C(N)=O)CCCC1CCSC1CCCC(C)C1. The molecule has 0 aromatic rings. The lowest BCUT2D eigenvalue weighted by Crippen LogP contribution is -2.57. The molecule has 0 spiro atoms. The summed E-state index contributed by atoms with van der Waals surface area (Å²) < 4.78 is 0. The lowest BCUT2D eigenvalue weighted by atomic mass is 9.84. The number of nitrogens with two attached hydrogens (primary N) is 1. The van der Waals surface area contributed by atoms with E-state index in [0.29, 0.717) is 5.92 Å². The van der Waals surface area contributed by atoms with Gasteiger partial charge in [0.05, 0.1) is 0 Å². The van der Waals surface area contributed by atoms with Gasteiger partial charge < -0.3 is 11.1 Å². The first-order valence-corrected chi connectivity index (χ1v) is 9.80. The van der Waals surface area contributed by atoms with Gasteiger partial charge in [-0.3, -0.25) is 4.79 Å². The van der Waals surface area contributed by atoms with Gasteiger partial charge in [0.2, 0.25) is 5.91 Å². The van der Waals surface area contributed by atoms with Crippen LogP contribution in [0.2, 0.25) is 0 Å². The average Bonchev–Trinajstić information content (AvgIpc) is 2.84. The molecule has 0 aromatic carbocycles. The molecule has 2 aliphatic carbocycles. The molecule has 2 aliphatic rings. The molecule has 2 saturated carbocycles. The quantitative estimate of drug-likeness (QED) is 0.758. The summed E-state index contributed by atoms with van der Waals surface area (Å²) in [6.07, 6.45) is 9.90. The van der Waals surface area contributed by atoms with Crippen molar-refractivity contribution in [3.05, 3.63) is 0 Å². The van der Waals surface area contributed by atoms with E-state index in [1.54, 1.807) is 0 Å². The molecule has 1 amide bonds. The number of rotatable bonds is 7. The van der Waals surface area contributed by atoms with Gasteiger partial charge in [0.25, 0.3) is 0 Å². The van der Waals surface area contributed by atoms with Crippen molar-refractivity contribution in [2.24, 2.45) is 17.6 Å². The second-order valence-electron chi connectivity index (χ2n) is 7.01. The Kier molecular flexibility index (Phi) is 6.42. The molecule has 0 saturated heterocycles. The first-order valence-electron chi connectivity index (χ1n) is 8.75. The summed E-state index contributed by atoms with van der Waals surface area (Å²) in [5.41, 5.74) is 5.31. The number of primary amides is 1. The lowest BCUT2D eigenvalue weighted by Gasteiger charge is -2.34. The molecule has 122 valence electrons. The van der Waals surface area contributed by atoms with Crippen LogP contribution in [0.4, 0.5) is 0 Å². The lowest BCUT2D eigenvalue weighted by molar-refractivity contribution is -0.125. The van der Waals surface area contributed by atoms with Crippen LogP contribution in [0.15, 0.2) is 0 Å². The molecule has 4 heteroatoms. The van der Waals surface area contributed by atoms with Crippen molar-refractivity contribution < 1.29 is 4.79 Å². The maximum absolute atomic E-state index is 12.0. The number of carbonyl (C=O) groups excluding carboxylic acids is 1. The van der Waals surface area contributed by atoms with Crippen LogP contribution >= 0.6 is 11.8 Å². The minimum Gasteiger partial charge on any atom is -0.368 e. The van der Waals surface area contributed by atoms with E-state index in [1.165, 1.54) is 31.4 Å². The van der Waals surface area contributed by atoms with Gasteiger partial charge in [-0.25, -0.2) is 0 Å². The number of carbonyl (C=O) groups is 1. The van der Waals surface area contributed by atoms with Crippen LogP contribution in [-0.4, -0.2) is 29.0 Å². The van der Waals surface area contributed by atoms with Crippen LogP contribution in [0.1, 0.15) is 65.2 Å². The summed E-state index contributed by atoms with van der Waals surface area (Å²) >= 11 is 2.14. The van der Waals surface area contributed by atoms with Crippen molar-refractivity contribution in [3.8, 4) is 0 Å². The Hall–Kier alpha value is -0.220. The molecule has 4 unspecified atom stereocenters. The number of nitrogens with one attached hydrogen (secondary N) is 1. The van der Waals surface area contributed by atoms with Crippen LogP contribution in [0.3, 0.4) is 0 Å². The fourth-order valence-corrected chi connectivity index (χ4v) is 5.89. The third kappa shape index (κ3) is 4.16. The summed E-state index contributed by atoms with van der Waals surface area (Å²) in [6.45, 7) is 5.28. The fraction of sp³-hybridized carbons (Fsp3) is 0.941. The molecule has 2 fully saturated rings. The highest BCUT2D eigenvalue weighted by atomic mass is 32.2. The van der Waals surface area contributed by atoms with Crippen LogP contribution in [-0.2, 0) is 4.79 Å². The Balaban J connectivity index is 1.82. The van der Waals surface area contributed by atoms with Gasteiger partial charge in [-0.1, -0.05) is 33.1 Å². The van der Waals surface area contributed by atoms with E-state index in [1.807, 2.05) is 0 Å². The Morgan fingerprint density at radius 3 is 2.81 bits per heavy atom. The van der Waals surface area contributed by atoms with Crippen molar-refractivity contribution >= 4 is 17.7 Å². The van der Waals surface area contributed by atoms with E-state index in [9.17, 15) is 4.79 Å². The first-order chi connectivity index (χ1) is 10.1. The minimum atomic E-state index is -0.421. The Morgan fingerprint density at radius 2 is 2.14 bits per heavy atom. The van der Waals surface area contributed by atoms with Gasteiger partial charge in [-0.05, 0) is 56.2 Å². The van der Waals surface area contributed by atoms with Crippen LogP contribution in [0, 0.1) is 11.8 Å². The number of thioether (sulfide) groups is 1. The van der Waals surface area contributed by atoms with Crippen molar-refractivity contribution in [2.45, 2.75) is 76.0 Å². The van der Waals surface area contributed by atoms with Crippen molar-refractivity contribution in [1.82, 2.24) is 5.32 Å². The molecular formula is C17H32N2OS. The van der Waals surface area contributed by atoms with Gasteiger partial charge in [0, 0.05) is 5.25 Å². The van der Waals surface area contributed by atoms with Crippen LogP contribution in [0.5, 0.6) is 0 Å². The molecule has 0 heterocycles. The molecule has 3 N–H and O–H groups in total. The van der Waals surface area contributed by atoms with Crippen molar-refractivity contribution in [1.29, 1.82) is 0 Å². The number of likely N-dealkylation sites (N-methyl/N-ethyl adjacent to an activating group) is 1. The molecule has 21 heavy (non-hydrogen) atoms. The topological polar surface area (TPSA) is 55.1 Å². The molecular weight excluding hydrogens is 280 g/mol. The average molecular weight is 313 g/mol. The minimum absolute atomic E-state index is 0.136.